The monoisotopic (exact) mass is 429 g/mol. The lowest BCUT2D eigenvalue weighted by Crippen LogP contribution is -2.48. The fourth-order valence-corrected chi connectivity index (χ4v) is 3.94. The highest BCUT2D eigenvalue weighted by Crippen LogP contribution is 2.18. The molecule has 7 nitrogen and oxygen atoms in total. The summed E-state index contributed by atoms with van der Waals surface area (Å²) in [6, 6.07) is 5.32. The summed E-state index contributed by atoms with van der Waals surface area (Å²) in [6.07, 6.45) is 1.76. The van der Waals surface area contributed by atoms with Crippen LogP contribution >= 0.6 is 0 Å². The summed E-state index contributed by atoms with van der Waals surface area (Å²) in [7, 11) is 0. The number of halogens is 1. The molecule has 0 radical (unpaired) electrons. The van der Waals surface area contributed by atoms with Crippen molar-refractivity contribution in [1.29, 1.82) is 0 Å². The van der Waals surface area contributed by atoms with Crippen LogP contribution in [0.3, 0.4) is 0 Å². The standard InChI is InChI=1S/C23H32FN5O2/c1-15(2)14-29-17(4)21(16(3)27-29)13-22(30)28-11-9-20(10-12-28)26-23(31)25-19-7-5-18(24)6-8-19/h5-8,15,20H,9-14H2,1-4H3,(H2,25,26,31). The molecule has 1 aliphatic rings. The van der Waals surface area contributed by atoms with Crippen LogP contribution in [0.5, 0.6) is 0 Å². The predicted octanol–water partition coefficient (Wildman–Crippen LogP) is 3.65. The number of urea groups is 1. The van der Waals surface area contributed by atoms with Crippen molar-refractivity contribution in [3.63, 3.8) is 0 Å². The zero-order valence-electron chi connectivity index (χ0n) is 18.7. The highest BCUT2D eigenvalue weighted by molar-refractivity contribution is 5.89. The number of rotatable bonds is 6. The second kappa shape index (κ2) is 9.94. The molecule has 1 aromatic heterocycles. The number of carbonyl (C=O) groups is 2. The Kier molecular flexibility index (Phi) is 7.30. The topological polar surface area (TPSA) is 79.3 Å². The minimum atomic E-state index is -0.347. The molecule has 1 saturated heterocycles. The summed E-state index contributed by atoms with van der Waals surface area (Å²) in [5.41, 5.74) is 3.54. The smallest absolute Gasteiger partial charge is 0.319 e. The van der Waals surface area contributed by atoms with Crippen molar-refractivity contribution in [3.05, 3.63) is 47.0 Å². The average molecular weight is 430 g/mol. The van der Waals surface area contributed by atoms with Crippen molar-refractivity contribution in [1.82, 2.24) is 20.0 Å². The summed E-state index contributed by atoms with van der Waals surface area (Å²) in [5, 5.41) is 10.2. The van der Waals surface area contributed by atoms with Gasteiger partial charge < -0.3 is 15.5 Å². The van der Waals surface area contributed by atoms with E-state index in [4.69, 9.17) is 0 Å². The van der Waals surface area contributed by atoms with Gasteiger partial charge in [-0.15, -0.1) is 0 Å². The molecule has 3 amide bonds. The van der Waals surface area contributed by atoms with Gasteiger partial charge in [-0.1, -0.05) is 13.8 Å². The Morgan fingerprint density at radius 2 is 1.81 bits per heavy atom. The quantitative estimate of drug-likeness (QED) is 0.736. The maximum Gasteiger partial charge on any atom is 0.319 e. The number of anilines is 1. The Bertz CT molecular complexity index is 915. The van der Waals surface area contributed by atoms with Gasteiger partial charge in [0.25, 0.3) is 0 Å². The average Bonchev–Trinajstić information content (AvgIpc) is 2.97. The molecule has 0 unspecified atom stereocenters. The van der Waals surface area contributed by atoms with Crippen molar-refractivity contribution in [2.45, 2.75) is 59.5 Å². The molecule has 3 rings (SSSR count). The van der Waals surface area contributed by atoms with Crippen LogP contribution in [0, 0.1) is 25.6 Å². The number of aromatic nitrogens is 2. The summed E-state index contributed by atoms with van der Waals surface area (Å²) in [6.45, 7) is 10.4. The van der Waals surface area contributed by atoms with Crippen LogP contribution in [0.4, 0.5) is 14.9 Å². The molecule has 1 fully saturated rings. The lowest BCUT2D eigenvalue weighted by Gasteiger charge is -2.32. The first-order valence-corrected chi connectivity index (χ1v) is 10.9. The maximum absolute atomic E-state index is 13.0. The molecular formula is C23H32FN5O2. The van der Waals surface area contributed by atoms with Crippen LogP contribution < -0.4 is 10.6 Å². The SMILES string of the molecule is Cc1nn(CC(C)C)c(C)c1CC(=O)N1CCC(NC(=O)Nc2ccc(F)cc2)CC1. The normalized spacial score (nSPS) is 14.7. The van der Waals surface area contributed by atoms with Gasteiger partial charge in [-0.2, -0.15) is 5.10 Å². The molecule has 2 heterocycles. The number of nitrogens with zero attached hydrogens (tertiary/aromatic N) is 3. The second-order valence-electron chi connectivity index (χ2n) is 8.66. The third-order valence-corrected chi connectivity index (χ3v) is 5.68. The first-order chi connectivity index (χ1) is 14.7. The number of nitrogens with one attached hydrogen (secondary N) is 2. The molecule has 0 atom stereocenters. The fraction of sp³-hybridized carbons (Fsp3) is 0.522. The van der Waals surface area contributed by atoms with Gasteiger partial charge in [0.1, 0.15) is 5.82 Å². The highest BCUT2D eigenvalue weighted by atomic mass is 19.1. The van der Waals surface area contributed by atoms with Crippen LogP contribution in [0.2, 0.25) is 0 Å². The van der Waals surface area contributed by atoms with Crippen LogP contribution in [0.1, 0.15) is 43.6 Å². The fourth-order valence-electron chi connectivity index (χ4n) is 3.94. The number of piperidine rings is 1. The largest absolute Gasteiger partial charge is 0.342 e. The van der Waals surface area contributed by atoms with Gasteiger partial charge in [-0.3, -0.25) is 9.48 Å². The molecular weight excluding hydrogens is 397 g/mol. The van der Waals surface area contributed by atoms with Gasteiger partial charge in [0.15, 0.2) is 0 Å². The van der Waals surface area contributed by atoms with Crippen LogP contribution in [-0.2, 0) is 17.8 Å². The van der Waals surface area contributed by atoms with E-state index in [1.54, 1.807) is 0 Å². The molecule has 0 saturated carbocycles. The van der Waals surface area contributed by atoms with Crippen molar-refractivity contribution in [2.24, 2.45) is 5.92 Å². The second-order valence-corrected chi connectivity index (χ2v) is 8.66. The third-order valence-electron chi connectivity index (χ3n) is 5.68. The zero-order valence-corrected chi connectivity index (χ0v) is 18.7. The van der Waals surface area contributed by atoms with Crippen LogP contribution in [0.15, 0.2) is 24.3 Å². The Morgan fingerprint density at radius 1 is 1.16 bits per heavy atom. The Labute approximate surface area is 183 Å². The van der Waals surface area contributed by atoms with Crippen molar-refractivity contribution >= 4 is 17.6 Å². The van der Waals surface area contributed by atoms with E-state index in [1.165, 1.54) is 24.3 Å². The number of likely N-dealkylation sites (tertiary alicyclic amines) is 1. The number of hydrogen-bond donors (Lipinski definition) is 2. The molecule has 1 aliphatic heterocycles. The van der Waals surface area contributed by atoms with Gasteiger partial charge in [0.05, 0.1) is 12.1 Å². The van der Waals surface area contributed by atoms with Gasteiger partial charge in [-0.05, 0) is 56.9 Å². The molecule has 0 spiro atoms. The van der Waals surface area contributed by atoms with E-state index in [9.17, 15) is 14.0 Å². The van der Waals surface area contributed by atoms with Crippen LogP contribution in [-0.4, -0.2) is 45.8 Å². The lowest BCUT2D eigenvalue weighted by atomic mass is 10.0. The van der Waals surface area contributed by atoms with E-state index in [0.717, 1.165) is 23.5 Å². The summed E-state index contributed by atoms with van der Waals surface area (Å²) in [4.78, 5) is 26.9. The Morgan fingerprint density at radius 3 is 2.42 bits per heavy atom. The first-order valence-electron chi connectivity index (χ1n) is 10.9. The van der Waals surface area contributed by atoms with E-state index in [-0.39, 0.29) is 23.8 Å². The van der Waals surface area contributed by atoms with Gasteiger partial charge >= 0.3 is 6.03 Å². The third kappa shape index (κ3) is 6.06. The van der Waals surface area contributed by atoms with E-state index in [0.29, 0.717) is 44.0 Å². The Hall–Kier alpha value is -2.90. The van der Waals surface area contributed by atoms with Gasteiger partial charge in [0, 0.05) is 42.6 Å². The van der Waals surface area contributed by atoms with Crippen molar-refractivity contribution in [3.8, 4) is 0 Å². The minimum Gasteiger partial charge on any atom is -0.342 e. The molecule has 8 heteroatoms. The maximum atomic E-state index is 13.0. The highest BCUT2D eigenvalue weighted by Gasteiger charge is 2.25. The van der Waals surface area contributed by atoms with E-state index < -0.39 is 0 Å². The van der Waals surface area contributed by atoms with Crippen LogP contribution in [0.25, 0.3) is 0 Å². The summed E-state index contributed by atoms with van der Waals surface area (Å²) < 4.78 is 15.0. The minimum absolute atomic E-state index is 0.00163. The lowest BCUT2D eigenvalue weighted by molar-refractivity contribution is -0.131. The van der Waals surface area contributed by atoms with E-state index in [2.05, 4.69) is 29.6 Å². The molecule has 31 heavy (non-hydrogen) atoms. The number of hydrogen-bond acceptors (Lipinski definition) is 3. The number of carbonyl (C=O) groups excluding carboxylic acids is 2. The zero-order chi connectivity index (χ0) is 22.5. The predicted molar refractivity (Wildman–Crippen MR) is 118 cm³/mol. The molecule has 0 aliphatic carbocycles. The number of benzene rings is 1. The summed E-state index contributed by atoms with van der Waals surface area (Å²) >= 11 is 0. The van der Waals surface area contributed by atoms with Crippen molar-refractivity contribution < 1.29 is 14.0 Å². The molecule has 2 aromatic rings. The first kappa shape index (κ1) is 22.8. The molecule has 0 bridgehead atoms. The van der Waals surface area contributed by atoms with E-state index in [1.807, 2.05) is 23.4 Å². The number of aryl methyl sites for hydroxylation is 1. The van der Waals surface area contributed by atoms with E-state index >= 15 is 0 Å². The molecule has 1 aromatic carbocycles. The summed E-state index contributed by atoms with van der Waals surface area (Å²) in [5.74, 6) is 0.249. The molecule has 2 N–H and O–H groups in total. The number of amides is 3. The Balaban J connectivity index is 1.48. The van der Waals surface area contributed by atoms with Gasteiger partial charge in [0.2, 0.25) is 5.91 Å². The van der Waals surface area contributed by atoms with Gasteiger partial charge in [-0.25, -0.2) is 9.18 Å². The van der Waals surface area contributed by atoms with Crippen molar-refractivity contribution in [2.75, 3.05) is 18.4 Å². The molecule has 168 valence electrons.